The Labute approximate surface area is 154 Å². The molecule has 0 aromatic carbocycles. The molecule has 0 bridgehead atoms. The number of carbonyl (C=O) groups is 1. The minimum absolute atomic E-state index is 0.0830. The van der Waals surface area contributed by atoms with E-state index in [0.717, 1.165) is 31.5 Å². The third-order valence-electron chi connectivity index (χ3n) is 5.11. The van der Waals surface area contributed by atoms with Crippen molar-refractivity contribution in [3.05, 3.63) is 54.0 Å². The van der Waals surface area contributed by atoms with E-state index in [1.165, 1.54) is 5.56 Å². The highest BCUT2D eigenvalue weighted by Crippen LogP contribution is 2.26. The summed E-state index contributed by atoms with van der Waals surface area (Å²) in [5.74, 6) is 0.784. The van der Waals surface area contributed by atoms with E-state index < -0.39 is 0 Å². The molecule has 1 saturated heterocycles. The van der Waals surface area contributed by atoms with Gasteiger partial charge in [0, 0.05) is 43.2 Å². The SMILES string of the molecule is COc1cc(CNC(=O)C2CCN(C(C)c3ccncc3)CC2)ccn1. The van der Waals surface area contributed by atoms with Crippen LogP contribution in [0.3, 0.4) is 0 Å². The van der Waals surface area contributed by atoms with Gasteiger partial charge >= 0.3 is 0 Å². The first-order valence-electron chi connectivity index (χ1n) is 9.08. The van der Waals surface area contributed by atoms with Crippen molar-refractivity contribution in [2.75, 3.05) is 20.2 Å². The van der Waals surface area contributed by atoms with Crippen molar-refractivity contribution in [3.8, 4) is 5.88 Å². The van der Waals surface area contributed by atoms with Crippen LogP contribution >= 0.6 is 0 Å². The predicted molar refractivity (Wildman–Crippen MR) is 99.6 cm³/mol. The van der Waals surface area contributed by atoms with Gasteiger partial charge in [0.25, 0.3) is 0 Å². The highest BCUT2D eigenvalue weighted by Gasteiger charge is 2.27. The maximum absolute atomic E-state index is 12.5. The van der Waals surface area contributed by atoms with Crippen LogP contribution in [0.2, 0.25) is 0 Å². The lowest BCUT2D eigenvalue weighted by Gasteiger charge is -2.35. The molecule has 1 unspecified atom stereocenters. The Bertz CT molecular complexity index is 715. The predicted octanol–water partition coefficient (Wildman–Crippen LogP) is 2.57. The van der Waals surface area contributed by atoms with E-state index in [9.17, 15) is 4.79 Å². The van der Waals surface area contributed by atoms with Gasteiger partial charge < -0.3 is 10.1 Å². The third-order valence-corrected chi connectivity index (χ3v) is 5.11. The number of aromatic nitrogens is 2. The van der Waals surface area contributed by atoms with Gasteiger partial charge in [0.05, 0.1) is 7.11 Å². The third kappa shape index (κ3) is 4.58. The number of piperidine rings is 1. The number of methoxy groups -OCH3 is 1. The van der Waals surface area contributed by atoms with Crippen molar-refractivity contribution >= 4 is 5.91 Å². The molecule has 0 spiro atoms. The fourth-order valence-corrected chi connectivity index (χ4v) is 3.41. The molecule has 3 heterocycles. The van der Waals surface area contributed by atoms with Gasteiger partial charge in [-0.3, -0.25) is 14.7 Å². The molecule has 26 heavy (non-hydrogen) atoms. The van der Waals surface area contributed by atoms with Crippen molar-refractivity contribution in [3.63, 3.8) is 0 Å². The summed E-state index contributed by atoms with van der Waals surface area (Å²) in [6, 6.07) is 8.21. The second-order valence-electron chi connectivity index (χ2n) is 6.69. The topological polar surface area (TPSA) is 67.3 Å². The van der Waals surface area contributed by atoms with Crippen LogP contribution in [0.15, 0.2) is 42.9 Å². The highest BCUT2D eigenvalue weighted by atomic mass is 16.5. The van der Waals surface area contributed by atoms with Gasteiger partial charge in [0.1, 0.15) is 0 Å². The van der Waals surface area contributed by atoms with Gasteiger partial charge in [-0.15, -0.1) is 0 Å². The van der Waals surface area contributed by atoms with E-state index in [1.54, 1.807) is 13.3 Å². The Morgan fingerprint density at radius 3 is 2.69 bits per heavy atom. The summed E-state index contributed by atoms with van der Waals surface area (Å²) in [4.78, 5) is 23.1. The molecule has 138 valence electrons. The lowest BCUT2D eigenvalue weighted by Crippen LogP contribution is -2.41. The smallest absolute Gasteiger partial charge is 0.223 e. The van der Waals surface area contributed by atoms with Crippen molar-refractivity contribution < 1.29 is 9.53 Å². The maximum Gasteiger partial charge on any atom is 0.223 e. The van der Waals surface area contributed by atoms with Crippen LogP contribution < -0.4 is 10.1 Å². The fraction of sp³-hybridized carbons (Fsp3) is 0.450. The molecule has 0 radical (unpaired) electrons. The normalized spacial score (nSPS) is 16.8. The maximum atomic E-state index is 12.5. The van der Waals surface area contributed by atoms with Crippen LogP contribution in [-0.4, -0.2) is 41.0 Å². The van der Waals surface area contributed by atoms with E-state index in [2.05, 4.69) is 39.2 Å². The number of nitrogens with one attached hydrogen (secondary N) is 1. The first-order chi connectivity index (χ1) is 12.7. The molecule has 2 aromatic heterocycles. The molecule has 6 nitrogen and oxygen atoms in total. The van der Waals surface area contributed by atoms with Gasteiger partial charge in [-0.1, -0.05) is 0 Å². The Kier molecular flexibility index (Phi) is 6.17. The molecule has 1 aliphatic rings. The summed E-state index contributed by atoms with van der Waals surface area (Å²) in [5.41, 5.74) is 2.27. The summed E-state index contributed by atoms with van der Waals surface area (Å²) >= 11 is 0. The van der Waals surface area contributed by atoms with Crippen LogP contribution in [-0.2, 0) is 11.3 Å². The fourth-order valence-electron chi connectivity index (χ4n) is 3.41. The number of nitrogens with zero attached hydrogens (tertiary/aromatic N) is 3. The van der Waals surface area contributed by atoms with Gasteiger partial charge in [-0.05, 0) is 62.2 Å². The van der Waals surface area contributed by atoms with E-state index >= 15 is 0 Å². The first-order valence-corrected chi connectivity index (χ1v) is 9.08. The molecule has 2 aromatic rings. The molecular weight excluding hydrogens is 328 g/mol. The monoisotopic (exact) mass is 354 g/mol. The zero-order chi connectivity index (χ0) is 18.4. The average Bonchev–Trinajstić information content (AvgIpc) is 2.72. The molecule has 3 rings (SSSR count). The minimum atomic E-state index is 0.0830. The number of carbonyl (C=O) groups excluding carboxylic acids is 1. The summed E-state index contributed by atoms with van der Waals surface area (Å²) in [6.45, 7) is 4.59. The van der Waals surface area contributed by atoms with Gasteiger partial charge in [0.15, 0.2) is 0 Å². The Morgan fingerprint density at radius 1 is 1.27 bits per heavy atom. The quantitative estimate of drug-likeness (QED) is 0.864. The van der Waals surface area contributed by atoms with Crippen LogP contribution in [0.5, 0.6) is 5.88 Å². The number of likely N-dealkylation sites (tertiary alicyclic amines) is 1. The standard InChI is InChI=1S/C20H26N4O2/c1-15(17-4-8-21-9-5-17)24-11-6-18(7-12-24)20(25)23-14-16-3-10-22-19(13-16)26-2/h3-5,8-10,13,15,18H,6-7,11-12,14H2,1-2H3,(H,23,25). The summed E-state index contributed by atoms with van der Waals surface area (Å²) in [7, 11) is 1.59. The van der Waals surface area contributed by atoms with Crippen molar-refractivity contribution in [2.24, 2.45) is 5.92 Å². The average molecular weight is 354 g/mol. The molecule has 1 fully saturated rings. The number of pyridine rings is 2. The molecule has 6 heteroatoms. The largest absolute Gasteiger partial charge is 0.481 e. The van der Waals surface area contributed by atoms with Crippen LogP contribution in [0.4, 0.5) is 0 Å². The van der Waals surface area contributed by atoms with Crippen molar-refractivity contribution in [1.82, 2.24) is 20.2 Å². The number of rotatable bonds is 6. The summed E-state index contributed by atoms with van der Waals surface area (Å²) in [5, 5.41) is 3.05. The number of hydrogen-bond donors (Lipinski definition) is 1. The van der Waals surface area contributed by atoms with Crippen LogP contribution in [0, 0.1) is 5.92 Å². The highest BCUT2D eigenvalue weighted by molar-refractivity contribution is 5.78. The minimum Gasteiger partial charge on any atom is -0.481 e. The lowest BCUT2D eigenvalue weighted by atomic mass is 9.94. The zero-order valence-electron chi connectivity index (χ0n) is 15.4. The summed E-state index contributed by atoms with van der Waals surface area (Å²) in [6.07, 6.45) is 7.14. The van der Waals surface area contributed by atoms with E-state index in [4.69, 9.17) is 4.74 Å². The van der Waals surface area contributed by atoms with E-state index in [0.29, 0.717) is 18.5 Å². The number of ether oxygens (including phenoxy) is 1. The second-order valence-corrected chi connectivity index (χ2v) is 6.69. The molecule has 1 aliphatic heterocycles. The first kappa shape index (κ1) is 18.3. The Morgan fingerprint density at radius 2 is 2.00 bits per heavy atom. The molecule has 1 amide bonds. The molecule has 0 saturated carbocycles. The van der Waals surface area contributed by atoms with Crippen LogP contribution in [0.25, 0.3) is 0 Å². The van der Waals surface area contributed by atoms with Gasteiger partial charge in [-0.25, -0.2) is 4.98 Å². The molecule has 1 atom stereocenters. The lowest BCUT2D eigenvalue weighted by molar-refractivity contribution is -0.126. The Hall–Kier alpha value is -2.47. The van der Waals surface area contributed by atoms with Crippen molar-refractivity contribution in [2.45, 2.75) is 32.4 Å². The molecule has 0 aliphatic carbocycles. The number of hydrogen-bond acceptors (Lipinski definition) is 5. The van der Waals surface area contributed by atoms with E-state index in [-0.39, 0.29) is 11.8 Å². The zero-order valence-corrected chi connectivity index (χ0v) is 15.4. The van der Waals surface area contributed by atoms with Gasteiger partial charge in [-0.2, -0.15) is 0 Å². The second kappa shape index (κ2) is 8.76. The van der Waals surface area contributed by atoms with E-state index in [1.807, 2.05) is 24.5 Å². The van der Waals surface area contributed by atoms with Crippen molar-refractivity contribution in [1.29, 1.82) is 0 Å². The van der Waals surface area contributed by atoms with Gasteiger partial charge in [0.2, 0.25) is 11.8 Å². The summed E-state index contributed by atoms with van der Waals surface area (Å²) < 4.78 is 5.12. The van der Waals surface area contributed by atoms with Crippen LogP contribution in [0.1, 0.15) is 36.9 Å². The Balaban J connectivity index is 1.47. The number of amides is 1. The molecule has 1 N–H and O–H groups in total. The molecular formula is C20H26N4O2.